The average Bonchev–Trinajstić information content (AvgIpc) is 2.66. The quantitative estimate of drug-likeness (QED) is 0.701. The van der Waals surface area contributed by atoms with E-state index in [2.05, 4.69) is 5.32 Å². The van der Waals surface area contributed by atoms with Gasteiger partial charge in [-0.25, -0.2) is 22.0 Å². The molecule has 1 aliphatic heterocycles. The molecule has 1 heterocycles. The van der Waals surface area contributed by atoms with Gasteiger partial charge in [0.05, 0.1) is 15.7 Å². The van der Waals surface area contributed by atoms with Crippen LogP contribution in [0.2, 0.25) is 0 Å². The van der Waals surface area contributed by atoms with Crippen molar-refractivity contribution in [2.45, 2.75) is 43.4 Å². The fraction of sp³-hybridized carbons (Fsp3) is 0.381. The summed E-state index contributed by atoms with van der Waals surface area (Å²) in [6, 6.07) is 9.22. The Hall–Kier alpha value is -2.27. The standard InChI is InChI=1S/C21H27N3O5S2/c1-14-11-15(2)20(16(3)12-14)31(28,29)24-10-4-5-17(13-24)21(25)23-18-6-8-19(9-7-18)30(22,26)27/h6-9,11-12,17H,4-5,10,13H2,1-3H3,(H,23,25)(H2,22,26,27)/t17-/m1/s1. The van der Waals surface area contributed by atoms with Gasteiger partial charge in [0.25, 0.3) is 0 Å². The number of aryl methyl sites for hydroxylation is 3. The lowest BCUT2D eigenvalue weighted by Crippen LogP contribution is -2.44. The molecule has 168 valence electrons. The Kier molecular flexibility index (Phi) is 6.56. The highest BCUT2D eigenvalue weighted by molar-refractivity contribution is 7.89. The van der Waals surface area contributed by atoms with Crippen molar-refractivity contribution >= 4 is 31.6 Å². The minimum atomic E-state index is -3.81. The first-order valence-electron chi connectivity index (χ1n) is 9.91. The molecular weight excluding hydrogens is 438 g/mol. The Labute approximate surface area is 183 Å². The fourth-order valence-electron chi connectivity index (χ4n) is 4.05. The van der Waals surface area contributed by atoms with Gasteiger partial charge in [0, 0.05) is 18.8 Å². The summed E-state index contributed by atoms with van der Waals surface area (Å²) in [4.78, 5) is 13.0. The Balaban J connectivity index is 1.76. The third-order valence-electron chi connectivity index (χ3n) is 5.41. The fourth-order valence-corrected chi connectivity index (χ4v) is 6.50. The van der Waals surface area contributed by atoms with Crippen molar-refractivity contribution in [1.82, 2.24) is 4.31 Å². The Morgan fingerprint density at radius 3 is 2.16 bits per heavy atom. The largest absolute Gasteiger partial charge is 0.326 e. The Morgan fingerprint density at radius 1 is 1.03 bits per heavy atom. The lowest BCUT2D eigenvalue weighted by atomic mass is 9.99. The van der Waals surface area contributed by atoms with Gasteiger partial charge in [-0.05, 0) is 69.0 Å². The van der Waals surface area contributed by atoms with Crippen LogP contribution in [0.4, 0.5) is 5.69 Å². The van der Waals surface area contributed by atoms with Gasteiger partial charge in [0.15, 0.2) is 0 Å². The van der Waals surface area contributed by atoms with Crippen LogP contribution >= 0.6 is 0 Å². The van der Waals surface area contributed by atoms with E-state index < -0.39 is 26.0 Å². The molecule has 0 unspecified atom stereocenters. The topological polar surface area (TPSA) is 127 Å². The number of primary sulfonamides is 1. The van der Waals surface area contributed by atoms with Crippen LogP contribution < -0.4 is 10.5 Å². The number of hydrogen-bond donors (Lipinski definition) is 2. The first-order chi connectivity index (χ1) is 14.4. The minimum absolute atomic E-state index is 0.0516. The predicted octanol–water partition coefficient (Wildman–Crippen LogP) is 2.30. The number of benzene rings is 2. The molecule has 0 bridgehead atoms. The second-order valence-electron chi connectivity index (χ2n) is 7.99. The van der Waals surface area contributed by atoms with Crippen LogP contribution in [0.15, 0.2) is 46.2 Å². The smallest absolute Gasteiger partial charge is 0.243 e. The van der Waals surface area contributed by atoms with Crippen LogP contribution in [0.1, 0.15) is 29.5 Å². The summed E-state index contributed by atoms with van der Waals surface area (Å²) in [5.41, 5.74) is 2.80. The van der Waals surface area contributed by atoms with Crippen molar-refractivity contribution in [3.63, 3.8) is 0 Å². The van der Waals surface area contributed by atoms with Crippen LogP contribution in [0, 0.1) is 26.7 Å². The van der Waals surface area contributed by atoms with E-state index in [9.17, 15) is 21.6 Å². The average molecular weight is 466 g/mol. The molecular formula is C21H27N3O5S2. The number of nitrogens with one attached hydrogen (secondary N) is 1. The summed E-state index contributed by atoms with van der Waals surface area (Å²) in [5, 5.41) is 7.82. The van der Waals surface area contributed by atoms with Gasteiger partial charge in [-0.15, -0.1) is 0 Å². The highest BCUT2D eigenvalue weighted by atomic mass is 32.2. The lowest BCUT2D eigenvalue weighted by molar-refractivity contribution is -0.120. The second-order valence-corrected chi connectivity index (χ2v) is 11.4. The molecule has 31 heavy (non-hydrogen) atoms. The summed E-state index contributed by atoms with van der Waals surface area (Å²) in [6.07, 6.45) is 1.14. The number of nitrogens with two attached hydrogens (primary N) is 1. The summed E-state index contributed by atoms with van der Waals surface area (Å²) in [6.45, 7) is 5.95. The summed E-state index contributed by atoms with van der Waals surface area (Å²) in [5.74, 6) is -0.812. The number of amides is 1. The van der Waals surface area contributed by atoms with Crippen LogP contribution in [0.25, 0.3) is 0 Å². The van der Waals surface area contributed by atoms with E-state index in [0.29, 0.717) is 41.1 Å². The van der Waals surface area contributed by atoms with E-state index in [4.69, 9.17) is 5.14 Å². The van der Waals surface area contributed by atoms with Crippen molar-refractivity contribution in [1.29, 1.82) is 0 Å². The number of nitrogens with zero attached hydrogens (tertiary/aromatic N) is 1. The number of anilines is 1. The number of hydrogen-bond acceptors (Lipinski definition) is 5. The monoisotopic (exact) mass is 465 g/mol. The third-order valence-corrected chi connectivity index (χ3v) is 8.51. The normalized spacial score (nSPS) is 18.0. The molecule has 1 fully saturated rings. The maximum atomic E-state index is 13.3. The highest BCUT2D eigenvalue weighted by Crippen LogP contribution is 2.29. The maximum absolute atomic E-state index is 13.3. The number of rotatable bonds is 5. The van der Waals surface area contributed by atoms with Gasteiger partial charge in [-0.2, -0.15) is 4.31 Å². The van der Waals surface area contributed by atoms with Crippen molar-refractivity contribution < 1.29 is 21.6 Å². The third kappa shape index (κ3) is 5.15. The first kappa shape index (κ1) is 23.4. The van der Waals surface area contributed by atoms with E-state index in [-0.39, 0.29) is 17.3 Å². The molecule has 0 aliphatic carbocycles. The SMILES string of the molecule is Cc1cc(C)c(S(=O)(=O)N2CCC[C@@H](C(=O)Nc3ccc(S(N)(=O)=O)cc3)C2)c(C)c1. The van der Waals surface area contributed by atoms with Crippen molar-refractivity contribution in [3.05, 3.63) is 53.1 Å². The molecule has 0 spiro atoms. The van der Waals surface area contributed by atoms with E-state index in [1.807, 2.05) is 19.1 Å². The molecule has 2 aromatic rings. The molecule has 1 saturated heterocycles. The minimum Gasteiger partial charge on any atom is -0.326 e. The molecule has 3 N–H and O–H groups in total. The van der Waals surface area contributed by atoms with E-state index in [1.54, 1.807) is 13.8 Å². The predicted molar refractivity (Wildman–Crippen MR) is 119 cm³/mol. The molecule has 8 nitrogen and oxygen atoms in total. The van der Waals surface area contributed by atoms with Crippen LogP contribution in [-0.4, -0.2) is 40.1 Å². The summed E-state index contributed by atoms with van der Waals surface area (Å²) < 4.78 is 50.7. The second kappa shape index (κ2) is 8.70. The number of carbonyl (C=O) groups excluding carboxylic acids is 1. The van der Waals surface area contributed by atoms with Crippen molar-refractivity contribution in [2.75, 3.05) is 18.4 Å². The molecule has 1 aliphatic rings. The first-order valence-corrected chi connectivity index (χ1v) is 12.9. The summed E-state index contributed by atoms with van der Waals surface area (Å²) in [7, 11) is -7.54. The van der Waals surface area contributed by atoms with Gasteiger partial charge >= 0.3 is 0 Å². The number of piperidine rings is 1. The van der Waals surface area contributed by atoms with Crippen molar-refractivity contribution in [2.24, 2.45) is 11.1 Å². The molecule has 10 heteroatoms. The zero-order valence-electron chi connectivity index (χ0n) is 17.8. The van der Waals surface area contributed by atoms with Crippen LogP contribution in [0.5, 0.6) is 0 Å². The van der Waals surface area contributed by atoms with Gasteiger partial charge in [-0.1, -0.05) is 17.7 Å². The maximum Gasteiger partial charge on any atom is 0.243 e. The number of carbonyl (C=O) groups is 1. The van der Waals surface area contributed by atoms with Gasteiger partial charge in [0.2, 0.25) is 26.0 Å². The van der Waals surface area contributed by atoms with Crippen molar-refractivity contribution in [3.8, 4) is 0 Å². The molecule has 0 saturated carbocycles. The van der Waals surface area contributed by atoms with E-state index >= 15 is 0 Å². The van der Waals surface area contributed by atoms with Crippen LogP contribution in [0.3, 0.4) is 0 Å². The van der Waals surface area contributed by atoms with Gasteiger partial charge in [0.1, 0.15) is 0 Å². The number of sulfonamides is 2. The van der Waals surface area contributed by atoms with Gasteiger partial charge < -0.3 is 5.32 Å². The lowest BCUT2D eigenvalue weighted by Gasteiger charge is -2.32. The molecule has 1 amide bonds. The zero-order chi connectivity index (χ0) is 23.0. The molecule has 2 aromatic carbocycles. The molecule has 3 rings (SSSR count). The van der Waals surface area contributed by atoms with E-state index in [1.165, 1.54) is 28.6 Å². The summed E-state index contributed by atoms with van der Waals surface area (Å²) >= 11 is 0. The van der Waals surface area contributed by atoms with Crippen LogP contribution in [-0.2, 0) is 24.8 Å². The van der Waals surface area contributed by atoms with Gasteiger partial charge in [-0.3, -0.25) is 4.79 Å². The molecule has 0 radical (unpaired) electrons. The molecule has 1 atom stereocenters. The molecule has 0 aromatic heterocycles. The van der Waals surface area contributed by atoms with E-state index in [0.717, 1.165) is 5.56 Å². The Morgan fingerprint density at radius 2 is 1.61 bits per heavy atom. The zero-order valence-corrected chi connectivity index (χ0v) is 19.4. The highest BCUT2D eigenvalue weighted by Gasteiger charge is 2.34. The Bertz CT molecular complexity index is 1180.